The van der Waals surface area contributed by atoms with Gasteiger partial charge in [-0.2, -0.15) is 0 Å². The predicted molar refractivity (Wildman–Crippen MR) is 86.6 cm³/mol. The number of anilines is 1. The Balaban J connectivity index is 2.02. The SMILES string of the molecule is COCCN(c1nc2ccccc2cc1CBr)C1CC1. The first-order valence-corrected chi connectivity index (χ1v) is 8.16. The average Bonchev–Trinajstić information content (AvgIpc) is 3.31. The van der Waals surface area contributed by atoms with Crippen molar-refractivity contribution in [2.75, 3.05) is 25.2 Å². The maximum atomic E-state index is 5.25. The van der Waals surface area contributed by atoms with Crippen LogP contribution in [0.3, 0.4) is 0 Å². The standard InChI is InChI=1S/C16H19BrN2O/c1-20-9-8-19(14-6-7-14)16-13(11-17)10-12-4-2-3-5-15(12)18-16/h2-5,10,14H,6-9,11H2,1H3. The van der Waals surface area contributed by atoms with Gasteiger partial charge in [0.05, 0.1) is 12.1 Å². The van der Waals surface area contributed by atoms with Crippen LogP contribution in [0.2, 0.25) is 0 Å². The minimum atomic E-state index is 0.636. The molecule has 1 aromatic carbocycles. The predicted octanol–water partition coefficient (Wildman–Crippen LogP) is 3.74. The van der Waals surface area contributed by atoms with Crippen LogP contribution in [0.5, 0.6) is 0 Å². The molecule has 0 N–H and O–H groups in total. The van der Waals surface area contributed by atoms with Crippen LogP contribution in [-0.4, -0.2) is 31.3 Å². The summed E-state index contributed by atoms with van der Waals surface area (Å²) in [5.74, 6) is 1.11. The van der Waals surface area contributed by atoms with Gasteiger partial charge in [-0.25, -0.2) is 4.98 Å². The Bertz CT molecular complexity index is 598. The van der Waals surface area contributed by atoms with Gasteiger partial charge in [-0.15, -0.1) is 0 Å². The molecule has 20 heavy (non-hydrogen) atoms. The average molecular weight is 335 g/mol. The summed E-state index contributed by atoms with van der Waals surface area (Å²) in [5.41, 5.74) is 2.32. The smallest absolute Gasteiger partial charge is 0.133 e. The normalized spacial score (nSPS) is 14.7. The van der Waals surface area contributed by atoms with Gasteiger partial charge in [0.2, 0.25) is 0 Å². The number of aromatic nitrogens is 1. The molecule has 1 fully saturated rings. The Morgan fingerprint density at radius 2 is 2.15 bits per heavy atom. The second-order valence-corrected chi connectivity index (χ2v) is 5.78. The van der Waals surface area contributed by atoms with Gasteiger partial charge in [0.15, 0.2) is 0 Å². The molecule has 4 heteroatoms. The Morgan fingerprint density at radius 1 is 1.35 bits per heavy atom. The lowest BCUT2D eigenvalue weighted by Gasteiger charge is -2.25. The second kappa shape index (κ2) is 6.10. The van der Waals surface area contributed by atoms with E-state index in [4.69, 9.17) is 9.72 Å². The highest BCUT2D eigenvalue weighted by atomic mass is 79.9. The number of halogens is 1. The van der Waals surface area contributed by atoms with Crippen LogP contribution in [0, 0.1) is 0 Å². The molecule has 1 heterocycles. The van der Waals surface area contributed by atoms with Gasteiger partial charge in [0.1, 0.15) is 5.82 Å². The molecule has 2 aromatic rings. The van der Waals surface area contributed by atoms with E-state index in [2.05, 4.69) is 45.1 Å². The van der Waals surface area contributed by atoms with E-state index in [1.54, 1.807) is 7.11 Å². The molecule has 1 saturated carbocycles. The number of methoxy groups -OCH3 is 1. The van der Waals surface area contributed by atoms with Gasteiger partial charge < -0.3 is 9.64 Å². The molecule has 3 nitrogen and oxygen atoms in total. The summed E-state index contributed by atoms with van der Waals surface area (Å²) in [6, 6.07) is 11.2. The number of para-hydroxylation sites is 1. The zero-order valence-corrected chi connectivity index (χ0v) is 13.3. The molecule has 0 unspecified atom stereocenters. The first-order chi connectivity index (χ1) is 9.83. The van der Waals surface area contributed by atoms with Crippen molar-refractivity contribution in [2.24, 2.45) is 0 Å². The third kappa shape index (κ3) is 2.81. The Kier molecular flexibility index (Phi) is 4.22. The molecule has 0 radical (unpaired) electrons. The third-order valence-electron chi connectivity index (χ3n) is 3.72. The highest BCUT2D eigenvalue weighted by molar-refractivity contribution is 9.08. The van der Waals surface area contributed by atoms with Crippen molar-refractivity contribution in [3.05, 3.63) is 35.9 Å². The summed E-state index contributed by atoms with van der Waals surface area (Å²) >= 11 is 3.60. The van der Waals surface area contributed by atoms with Crippen molar-refractivity contribution in [3.8, 4) is 0 Å². The molecule has 0 atom stereocenters. The summed E-state index contributed by atoms with van der Waals surface area (Å²) in [5, 5.41) is 2.03. The molecule has 0 aliphatic heterocycles. The Morgan fingerprint density at radius 3 is 2.85 bits per heavy atom. The molecule has 0 bridgehead atoms. The maximum absolute atomic E-state index is 5.25. The first-order valence-electron chi connectivity index (χ1n) is 7.03. The number of alkyl halides is 1. The second-order valence-electron chi connectivity index (χ2n) is 5.21. The van der Waals surface area contributed by atoms with E-state index in [-0.39, 0.29) is 0 Å². The first kappa shape index (κ1) is 13.8. The zero-order valence-electron chi connectivity index (χ0n) is 11.7. The van der Waals surface area contributed by atoms with Crippen molar-refractivity contribution < 1.29 is 4.74 Å². The fourth-order valence-corrected chi connectivity index (χ4v) is 2.95. The highest BCUT2D eigenvalue weighted by Crippen LogP contribution is 2.34. The van der Waals surface area contributed by atoms with E-state index >= 15 is 0 Å². The molecule has 1 aliphatic carbocycles. The van der Waals surface area contributed by atoms with Crippen molar-refractivity contribution in [2.45, 2.75) is 24.2 Å². The monoisotopic (exact) mass is 334 g/mol. The number of nitrogens with zero attached hydrogens (tertiary/aromatic N) is 2. The van der Waals surface area contributed by atoms with Gasteiger partial charge >= 0.3 is 0 Å². The summed E-state index contributed by atoms with van der Waals surface area (Å²) in [6.07, 6.45) is 2.53. The topological polar surface area (TPSA) is 25.4 Å². The molecule has 106 valence electrons. The number of ether oxygens (including phenoxy) is 1. The molecule has 1 aromatic heterocycles. The van der Waals surface area contributed by atoms with Crippen molar-refractivity contribution in [1.82, 2.24) is 4.98 Å². The van der Waals surface area contributed by atoms with E-state index < -0.39 is 0 Å². The van der Waals surface area contributed by atoms with Gasteiger partial charge in [-0.3, -0.25) is 0 Å². The van der Waals surface area contributed by atoms with Gasteiger partial charge in [-0.1, -0.05) is 34.1 Å². The number of fused-ring (bicyclic) bond motifs is 1. The lowest BCUT2D eigenvalue weighted by atomic mass is 10.1. The summed E-state index contributed by atoms with van der Waals surface area (Å²) in [4.78, 5) is 7.31. The van der Waals surface area contributed by atoms with E-state index in [1.165, 1.54) is 23.8 Å². The summed E-state index contributed by atoms with van der Waals surface area (Å²) in [6.45, 7) is 1.65. The number of pyridine rings is 1. The molecular formula is C16H19BrN2O. The van der Waals surface area contributed by atoms with Crippen LogP contribution in [0.4, 0.5) is 5.82 Å². The van der Waals surface area contributed by atoms with Crippen LogP contribution in [0.25, 0.3) is 10.9 Å². The van der Waals surface area contributed by atoms with E-state index in [0.717, 1.165) is 29.8 Å². The van der Waals surface area contributed by atoms with Crippen LogP contribution < -0.4 is 4.90 Å². The summed E-state index contributed by atoms with van der Waals surface area (Å²) in [7, 11) is 1.75. The molecule has 0 saturated heterocycles. The molecule has 0 amide bonds. The Hall–Kier alpha value is -1.13. The minimum absolute atomic E-state index is 0.636. The maximum Gasteiger partial charge on any atom is 0.133 e. The van der Waals surface area contributed by atoms with E-state index in [0.29, 0.717) is 6.04 Å². The number of hydrogen-bond acceptors (Lipinski definition) is 3. The Labute approximate surface area is 128 Å². The molecular weight excluding hydrogens is 316 g/mol. The quantitative estimate of drug-likeness (QED) is 0.752. The number of benzene rings is 1. The van der Waals surface area contributed by atoms with Crippen LogP contribution in [0.15, 0.2) is 30.3 Å². The molecule has 1 aliphatic rings. The number of rotatable bonds is 6. The van der Waals surface area contributed by atoms with Crippen molar-refractivity contribution >= 4 is 32.7 Å². The van der Waals surface area contributed by atoms with E-state index in [9.17, 15) is 0 Å². The molecule has 0 spiro atoms. The molecule has 3 rings (SSSR count). The fraction of sp³-hybridized carbons (Fsp3) is 0.438. The highest BCUT2D eigenvalue weighted by Gasteiger charge is 2.31. The van der Waals surface area contributed by atoms with Crippen molar-refractivity contribution in [3.63, 3.8) is 0 Å². The fourth-order valence-electron chi connectivity index (χ4n) is 2.53. The largest absolute Gasteiger partial charge is 0.383 e. The van der Waals surface area contributed by atoms with Crippen LogP contribution in [0.1, 0.15) is 18.4 Å². The van der Waals surface area contributed by atoms with Gasteiger partial charge in [0.25, 0.3) is 0 Å². The van der Waals surface area contributed by atoms with Crippen LogP contribution in [-0.2, 0) is 10.1 Å². The van der Waals surface area contributed by atoms with Gasteiger partial charge in [-0.05, 0) is 25.0 Å². The lowest BCUT2D eigenvalue weighted by molar-refractivity contribution is 0.204. The number of hydrogen-bond donors (Lipinski definition) is 0. The summed E-state index contributed by atoms with van der Waals surface area (Å²) < 4.78 is 5.25. The zero-order chi connectivity index (χ0) is 13.9. The van der Waals surface area contributed by atoms with Crippen LogP contribution >= 0.6 is 15.9 Å². The lowest BCUT2D eigenvalue weighted by Crippen LogP contribution is -2.31. The van der Waals surface area contributed by atoms with Gasteiger partial charge in [0, 0.05) is 36.0 Å². The van der Waals surface area contributed by atoms with Crippen molar-refractivity contribution in [1.29, 1.82) is 0 Å². The third-order valence-corrected chi connectivity index (χ3v) is 4.32. The minimum Gasteiger partial charge on any atom is -0.383 e. The van der Waals surface area contributed by atoms with E-state index in [1.807, 2.05) is 6.07 Å².